The lowest BCUT2D eigenvalue weighted by Gasteiger charge is -2.28. The number of carbonyl (C=O) groups is 1. The summed E-state index contributed by atoms with van der Waals surface area (Å²) in [5.41, 5.74) is -0.881. The largest absolute Gasteiger partial charge is 0.387 e. The van der Waals surface area contributed by atoms with Gasteiger partial charge < -0.3 is 20.6 Å². The van der Waals surface area contributed by atoms with Crippen LogP contribution in [0.5, 0.6) is 0 Å². The van der Waals surface area contributed by atoms with Gasteiger partial charge in [0.15, 0.2) is 0 Å². The van der Waals surface area contributed by atoms with Gasteiger partial charge in [-0.15, -0.1) is 0 Å². The van der Waals surface area contributed by atoms with Crippen LogP contribution in [-0.2, 0) is 4.79 Å². The molecule has 0 spiro atoms. The molecule has 1 aliphatic heterocycles. The lowest BCUT2D eigenvalue weighted by molar-refractivity contribution is -0.126. The predicted octanol–water partition coefficient (Wildman–Crippen LogP) is -0.587. The molecule has 100 valence electrons. The quantitative estimate of drug-likeness (QED) is 0.604. The Hall–Kier alpha value is -0.650. The van der Waals surface area contributed by atoms with E-state index in [1.807, 2.05) is 25.9 Å². The number of hydrogen-bond acceptors (Lipinski definition) is 4. The van der Waals surface area contributed by atoms with Crippen molar-refractivity contribution in [2.45, 2.75) is 31.9 Å². The molecule has 5 nitrogen and oxygen atoms in total. The van der Waals surface area contributed by atoms with Crippen LogP contribution in [0.3, 0.4) is 0 Å². The van der Waals surface area contributed by atoms with E-state index in [9.17, 15) is 9.90 Å². The van der Waals surface area contributed by atoms with Gasteiger partial charge in [-0.2, -0.15) is 0 Å². The molecule has 0 aromatic heterocycles. The van der Waals surface area contributed by atoms with Crippen molar-refractivity contribution in [1.82, 2.24) is 15.5 Å². The third-order valence-electron chi connectivity index (χ3n) is 3.16. The molecule has 1 fully saturated rings. The molecular formula is C12H25N3O2. The highest BCUT2D eigenvalue weighted by Crippen LogP contribution is 2.15. The SMILES string of the molecule is CC1NCCC1C(=O)NCC(C)(O)CN(C)C. The Morgan fingerprint density at radius 3 is 2.71 bits per heavy atom. The first kappa shape index (κ1) is 14.4. The summed E-state index contributed by atoms with van der Waals surface area (Å²) in [6.45, 7) is 5.49. The second kappa shape index (κ2) is 5.80. The summed E-state index contributed by atoms with van der Waals surface area (Å²) in [7, 11) is 3.80. The van der Waals surface area contributed by atoms with Crippen molar-refractivity contribution in [2.75, 3.05) is 33.7 Å². The molecule has 1 rings (SSSR count). The number of amides is 1. The summed E-state index contributed by atoms with van der Waals surface area (Å²) in [5, 5.41) is 16.2. The Balaban J connectivity index is 2.37. The monoisotopic (exact) mass is 243 g/mol. The van der Waals surface area contributed by atoms with Gasteiger partial charge >= 0.3 is 0 Å². The van der Waals surface area contributed by atoms with Gasteiger partial charge in [0.2, 0.25) is 5.91 Å². The second-order valence-electron chi connectivity index (χ2n) is 5.59. The summed E-state index contributed by atoms with van der Waals surface area (Å²) in [4.78, 5) is 13.8. The number of carbonyl (C=O) groups excluding carboxylic acids is 1. The molecular weight excluding hydrogens is 218 g/mol. The van der Waals surface area contributed by atoms with Crippen LogP contribution in [0.2, 0.25) is 0 Å². The molecule has 1 aliphatic rings. The molecule has 1 heterocycles. The Bertz CT molecular complexity index is 266. The minimum atomic E-state index is -0.881. The van der Waals surface area contributed by atoms with E-state index in [-0.39, 0.29) is 17.9 Å². The number of hydrogen-bond donors (Lipinski definition) is 3. The van der Waals surface area contributed by atoms with Crippen LogP contribution in [0.1, 0.15) is 20.3 Å². The number of rotatable bonds is 5. The molecule has 0 bridgehead atoms. The van der Waals surface area contributed by atoms with Gasteiger partial charge in [-0.25, -0.2) is 0 Å². The van der Waals surface area contributed by atoms with Crippen molar-refractivity contribution in [3.8, 4) is 0 Å². The maximum absolute atomic E-state index is 11.9. The first-order chi connectivity index (χ1) is 7.82. The summed E-state index contributed by atoms with van der Waals surface area (Å²) in [5.74, 6) is 0.0756. The van der Waals surface area contributed by atoms with Crippen LogP contribution < -0.4 is 10.6 Å². The zero-order valence-corrected chi connectivity index (χ0v) is 11.3. The summed E-state index contributed by atoms with van der Waals surface area (Å²) < 4.78 is 0. The molecule has 3 atom stereocenters. The van der Waals surface area contributed by atoms with E-state index < -0.39 is 5.60 Å². The van der Waals surface area contributed by atoms with E-state index in [0.717, 1.165) is 13.0 Å². The maximum atomic E-state index is 11.9. The first-order valence-corrected chi connectivity index (χ1v) is 6.20. The summed E-state index contributed by atoms with van der Waals surface area (Å²) >= 11 is 0. The summed E-state index contributed by atoms with van der Waals surface area (Å²) in [6.07, 6.45) is 0.878. The second-order valence-corrected chi connectivity index (χ2v) is 5.59. The number of aliphatic hydroxyl groups is 1. The van der Waals surface area contributed by atoms with E-state index in [0.29, 0.717) is 13.1 Å². The van der Waals surface area contributed by atoms with Crippen molar-refractivity contribution in [1.29, 1.82) is 0 Å². The highest BCUT2D eigenvalue weighted by atomic mass is 16.3. The molecule has 17 heavy (non-hydrogen) atoms. The van der Waals surface area contributed by atoms with Gasteiger partial charge in [0, 0.05) is 19.1 Å². The zero-order valence-electron chi connectivity index (χ0n) is 11.3. The van der Waals surface area contributed by atoms with E-state index in [1.54, 1.807) is 6.92 Å². The fraction of sp³-hybridized carbons (Fsp3) is 0.917. The van der Waals surface area contributed by atoms with Gasteiger partial charge in [-0.05, 0) is 40.9 Å². The molecule has 5 heteroatoms. The van der Waals surface area contributed by atoms with E-state index in [1.165, 1.54) is 0 Å². The highest BCUT2D eigenvalue weighted by molar-refractivity contribution is 5.79. The fourth-order valence-electron chi connectivity index (χ4n) is 2.36. The van der Waals surface area contributed by atoms with Crippen LogP contribution in [0, 0.1) is 5.92 Å². The standard InChI is InChI=1S/C12H25N3O2/c1-9-10(5-6-13-9)11(16)14-7-12(2,17)8-15(3)4/h9-10,13,17H,5-8H2,1-4H3,(H,14,16). The Morgan fingerprint density at radius 1 is 1.59 bits per heavy atom. The zero-order chi connectivity index (χ0) is 13.1. The molecule has 1 saturated heterocycles. The first-order valence-electron chi connectivity index (χ1n) is 6.20. The van der Waals surface area contributed by atoms with E-state index in [2.05, 4.69) is 10.6 Å². The minimum Gasteiger partial charge on any atom is -0.387 e. The normalized spacial score (nSPS) is 28.1. The summed E-state index contributed by atoms with van der Waals surface area (Å²) in [6, 6.07) is 0.230. The Labute approximate surface area is 104 Å². The van der Waals surface area contributed by atoms with Crippen molar-refractivity contribution in [3.63, 3.8) is 0 Å². The lowest BCUT2D eigenvalue weighted by atomic mass is 10.0. The average molecular weight is 243 g/mol. The molecule has 0 aliphatic carbocycles. The van der Waals surface area contributed by atoms with Crippen LogP contribution in [-0.4, -0.2) is 61.3 Å². The Morgan fingerprint density at radius 2 is 2.24 bits per heavy atom. The van der Waals surface area contributed by atoms with Gasteiger partial charge in [-0.1, -0.05) is 0 Å². The molecule has 0 radical (unpaired) electrons. The maximum Gasteiger partial charge on any atom is 0.224 e. The van der Waals surface area contributed by atoms with Crippen molar-refractivity contribution in [3.05, 3.63) is 0 Å². The predicted molar refractivity (Wildman–Crippen MR) is 67.8 cm³/mol. The molecule has 0 aromatic carbocycles. The van der Waals surface area contributed by atoms with Gasteiger partial charge in [-0.3, -0.25) is 4.79 Å². The third-order valence-corrected chi connectivity index (χ3v) is 3.16. The van der Waals surface area contributed by atoms with E-state index in [4.69, 9.17) is 0 Å². The van der Waals surface area contributed by atoms with Gasteiger partial charge in [0.1, 0.15) is 0 Å². The van der Waals surface area contributed by atoms with Gasteiger partial charge in [0.05, 0.1) is 11.5 Å². The fourth-order valence-corrected chi connectivity index (χ4v) is 2.36. The Kier molecular flexibility index (Phi) is 4.91. The highest BCUT2D eigenvalue weighted by Gasteiger charge is 2.30. The van der Waals surface area contributed by atoms with Crippen LogP contribution in [0.25, 0.3) is 0 Å². The number of nitrogens with zero attached hydrogens (tertiary/aromatic N) is 1. The molecule has 0 aromatic rings. The number of nitrogens with one attached hydrogen (secondary N) is 2. The molecule has 3 unspecified atom stereocenters. The third kappa shape index (κ3) is 4.61. The number of likely N-dealkylation sites (N-methyl/N-ethyl adjacent to an activating group) is 1. The van der Waals surface area contributed by atoms with Crippen molar-refractivity contribution in [2.24, 2.45) is 5.92 Å². The van der Waals surface area contributed by atoms with Crippen LogP contribution in [0.15, 0.2) is 0 Å². The van der Waals surface area contributed by atoms with Crippen molar-refractivity contribution < 1.29 is 9.90 Å². The van der Waals surface area contributed by atoms with Crippen LogP contribution >= 0.6 is 0 Å². The van der Waals surface area contributed by atoms with Crippen molar-refractivity contribution >= 4 is 5.91 Å². The topological polar surface area (TPSA) is 64.6 Å². The molecule has 3 N–H and O–H groups in total. The smallest absolute Gasteiger partial charge is 0.224 e. The molecule has 1 amide bonds. The average Bonchev–Trinajstić information content (AvgIpc) is 2.59. The lowest BCUT2D eigenvalue weighted by Crippen LogP contribution is -2.49. The van der Waals surface area contributed by atoms with E-state index >= 15 is 0 Å². The van der Waals surface area contributed by atoms with Gasteiger partial charge in [0.25, 0.3) is 0 Å². The van der Waals surface area contributed by atoms with Crippen LogP contribution in [0.4, 0.5) is 0 Å². The minimum absolute atomic E-state index is 0.0326. The molecule has 0 saturated carbocycles.